The molecule has 2 unspecified atom stereocenters. The number of likely N-dealkylation sites (tertiary alicyclic amines) is 1. The number of aromatic nitrogens is 2. The van der Waals surface area contributed by atoms with Gasteiger partial charge < -0.3 is 18.7 Å². The van der Waals surface area contributed by atoms with Gasteiger partial charge in [0, 0.05) is 62.7 Å². The molecule has 10 heteroatoms. The Morgan fingerprint density at radius 1 is 0.925 bits per heavy atom. The lowest BCUT2D eigenvalue weighted by atomic mass is 9.90. The first-order chi connectivity index (χ1) is 19.6. The monoisotopic (exact) mass is 573 g/mol. The highest BCUT2D eigenvalue weighted by molar-refractivity contribution is 7.10. The fraction of sp³-hybridized carbons (Fsp3) is 0.367. The molecule has 0 radical (unpaired) electrons. The van der Waals surface area contributed by atoms with Gasteiger partial charge in [0.15, 0.2) is 0 Å². The third-order valence-electron chi connectivity index (χ3n) is 7.33. The molecule has 3 aromatic rings. The van der Waals surface area contributed by atoms with E-state index in [2.05, 4.69) is 105 Å². The molecule has 2 saturated heterocycles. The van der Waals surface area contributed by atoms with E-state index in [9.17, 15) is 5.26 Å². The summed E-state index contributed by atoms with van der Waals surface area (Å²) in [6.07, 6.45) is 2.13. The van der Waals surface area contributed by atoms with E-state index < -0.39 is 0 Å². The zero-order valence-corrected chi connectivity index (χ0v) is 24.6. The standard InChI is InChI=1S/C30H33N5O3P2/c31-16-25-18-35(19-25)20-27(15-28-29(37-39)30(38-40)33-21-32-28)26-9-7-23(8-10-26)2-1-22-3-5-24(6-4-22)17-34-11-13-36-14-12-34/h3-10,21,25,27H,11-15,17-20,39-40H2/t27-/m1/s1. The van der Waals surface area contributed by atoms with E-state index in [0.717, 1.165) is 69.3 Å². The van der Waals surface area contributed by atoms with Gasteiger partial charge in [0.1, 0.15) is 6.33 Å². The van der Waals surface area contributed by atoms with Crippen molar-refractivity contribution in [1.29, 1.82) is 5.26 Å². The number of rotatable bonds is 9. The Balaban J connectivity index is 1.28. The van der Waals surface area contributed by atoms with Crippen LogP contribution in [0.4, 0.5) is 0 Å². The van der Waals surface area contributed by atoms with Gasteiger partial charge in [0.05, 0.1) is 49.8 Å². The molecule has 0 bridgehead atoms. The van der Waals surface area contributed by atoms with E-state index in [4.69, 9.17) is 13.8 Å². The molecule has 8 nitrogen and oxygen atoms in total. The molecule has 2 aliphatic heterocycles. The number of hydrogen-bond donors (Lipinski definition) is 0. The maximum absolute atomic E-state index is 9.21. The Hall–Kier alpha value is -3.09. The van der Waals surface area contributed by atoms with Gasteiger partial charge in [-0.2, -0.15) is 10.2 Å². The molecule has 2 fully saturated rings. The smallest absolute Gasteiger partial charge is 0.262 e. The van der Waals surface area contributed by atoms with Crippen LogP contribution < -0.4 is 9.05 Å². The van der Waals surface area contributed by atoms with E-state index in [1.165, 1.54) is 17.5 Å². The summed E-state index contributed by atoms with van der Waals surface area (Å²) < 4.78 is 16.2. The van der Waals surface area contributed by atoms with Crippen LogP contribution >= 0.6 is 18.9 Å². The average Bonchev–Trinajstić information content (AvgIpc) is 2.98. The zero-order valence-electron chi connectivity index (χ0n) is 22.3. The van der Waals surface area contributed by atoms with Crippen LogP contribution in [0, 0.1) is 29.1 Å². The number of benzene rings is 2. The number of nitriles is 1. The Morgan fingerprint density at radius 3 is 2.23 bits per heavy atom. The van der Waals surface area contributed by atoms with Crippen molar-refractivity contribution in [3.05, 3.63) is 82.8 Å². The number of hydrogen-bond acceptors (Lipinski definition) is 8. The van der Waals surface area contributed by atoms with Crippen LogP contribution in [0.2, 0.25) is 0 Å². The molecule has 3 atom stereocenters. The maximum atomic E-state index is 9.21. The summed E-state index contributed by atoms with van der Waals surface area (Å²) in [5.41, 5.74) is 5.20. The molecule has 0 N–H and O–H groups in total. The Kier molecular flexibility index (Phi) is 9.95. The van der Waals surface area contributed by atoms with Crippen molar-refractivity contribution in [3.63, 3.8) is 0 Å². The SMILES string of the molecule is N#CC1CN(C[C@@H](Cc2ncnc(OP)c2OP)c2ccc(C#Cc3ccc(CN4CCOCC4)cc3)cc2)C1. The normalized spacial score (nSPS) is 16.7. The van der Waals surface area contributed by atoms with E-state index in [1.54, 1.807) is 0 Å². The quantitative estimate of drug-likeness (QED) is 0.282. The van der Waals surface area contributed by atoms with Gasteiger partial charge in [-0.25, -0.2) is 4.98 Å². The number of nitrogens with zero attached hydrogens (tertiary/aromatic N) is 5. The average molecular weight is 574 g/mol. The Bertz CT molecular complexity index is 1370. The fourth-order valence-electron chi connectivity index (χ4n) is 5.07. The summed E-state index contributed by atoms with van der Waals surface area (Å²) in [6, 6.07) is 19.3. The minimum absolute atomic E-state index is 0.105. The van der Waals surface area contributed by atoms with Crippen molar-refractivity contribution in [3.8, 4) is 29.5 Å². The molecular formula is C30H33N5O3P2. The van der Waals surface area contributed by atoms with Gasteiger partial charge in [-0.15, -0.1) is 0 Å². The van der Waals surface area contributed by atoms with Crippen LogP contribution in [0.25, 0.3) is 0 Å². The lowest BCUT2D eigenvalue weighted by Crippen LogP contribution is -2.47. The summed E-state index contributed by atoms with van der Waals surface area (Å²) in [6.45, 7) is 6.93. The Labute approximate surface area is 240 Å². The predicted molar refractivity (Wildman–Crippen MR) is 160 cm³/mol. The molecule has 0 amide bonds. The molecule has 3 heterocycles. The van der Waals surface area contributed by atoms with E-state index in [-0.39, 0.29) is 11.8 Å². The van der Waals surface area contributed by atoms with Gasteiger partial charge >= 0.3 is 0 Å². The van der Waals surface area contributed by atoms with Gasteiger partial charge in [-0.1, -0.05) is 36.1 Å². The molecular weight excluding hydrogens is 540 g/mol. The van der Waals surface area contributed by atoms with Crippen molar-refractivity contribution in [2.75, 3.05) is 45.9 Å². The van der Waals surface area contributed by atoms with Crippen LogP contribution in [0.5, 0.6) is 11.6 Å². The van der Waals surface area contributed by atoms with Crippen LogP contribution in [-0.4, -0.2) is 65.7 Å². The van der Waals surface area contributed by atoms with Gasteiger partial charge in [0.25, 0.3) is 5.88 Å². The molecule has 0 aliphatic carbocycles. The minimum atomic E-state index is 0.105. The second-order valence-corrected chi connectivity index (χ2v) is 10.6. The summed E-state index contributed by atoms with van der Waals surface area (Å²) in [5, 5.41) is 9.21. The highest BCUT2D eigenvalue weighted by Gasteiger charge is 2.30. The molecule has 0 saturated carbocycles. The first-order valence-corrected chi connectivity index (χ1v) is 14.3. The van der Waals surface area contributed by atoms with Gasteiger partial charge in [-0.05, 0) is 35.4 Å². The fourth-order valence-corrected chi connectivity index (χ4v) is 5.47. The predicted octanol–water partition coefficient (Wildman–Crippen LogP) is 3.83. The Morgan fingerprint density at radius 2 is 1.60 bits per heavy atom. The van der Waals surface area contributed by atoms with Crippen molar-refractivity contribution in [2.45, 2.75) is 18.9 Å². The first-order valence-electron chi connectivity index (χ1n) is 13.4. The van der Waals surface area contributed by atoms with E-state index in [1.807, 2.05) is 0 Å². The number of ether oxygens (including phenoxy) is 1. The van der Waals surface area contributed by atoms with Crippen LogP contribution in [0.15, 0.2) is 54.9 Å². The molecule has 206 valence electrons. The summed E-state index contributed by atoms with van der Waals surface area (Å²) in [7, 11) is 4.46. The molecule has 2 aromatic carbocycles. The summed E-state index contributed by atoms with van der Waals surface area (Å²) >= 11 is 0. The van der Waals surface area contributed by atoms with E-state index in [0.29, 0.717) is 18.1 Å². The second kappa shape index (κ2) is 14.0. The van der Waals surface area contributed by atoms with Crippen molar-refractivity contribution < 1.29 is 13.8 Å². The first kappa shape index (κ1) is 28.4. The third kappa shape index (κ3) is 7.35. The minimum Gasteiger partial charge on any atom is -0.473 e. The topological polar surface area (TPSA) is 83.7 Å². The van der Waals surface area contributed by atoms with Crippen LogP contribution in [-0.2, 0) is 17.7 Å². The maximum Gasteiger partial charge on any atom is 0.262 e. The third-order valence-corrected chi connectivity index (χ3v) is 7.79. The lowest BCUT2D eigenvalue weighted by molar-refractivity contribution is 0.0342. The van der Waals surface area contributed by atoms with Crippen molar-refractivity contribution in [1.82, 2.24) is 19.8 Å². The van der Waals surface area contributed by atoms with Gasteiger partial charge in [-0.3, -0.25) is 4.90 Å². The summed E-state index contributed by atoms with van der Waals surface area (Å²) in [5.74, 6) is 7.72. The summed E-state index contributed by atoms with van der Waals surface area (Å²) in [4.78, 5) is 13.4. The van der Waals surface area contributed by atoms with Crippen LogP contribution in [0.3, 0.4) is 0 Å². The van der Waals surface area contributed by atoms with E-state index >= 15 is 0 Å². The highest BCUT2D eigenvalue weighted by Crippen LogP contribution is 2.34. The molecule has 2 aliphatic rings. The van der Waals surface area contributed by atoms with Crippen LogP contribution in [0.1, 0.15) is 33.9 Å². The molecule has 1 aromatic heterocycles. The lowest BCUT2D eigenvalue weighted by Gasteiger charge is -2.38. The van der Waals surface area contributed by atoms with Crippen molar-refractivity contribution in [2.24, 2.45) is 5.92 Å². The second-order valence-electron chi connectivity index (χ2n) is 10.1. The highest BCUT2D eigenvalue weighted by atomic mass is 31.0. The molecule has 0 spiro atoms. The van der Waals surface area contributed by atoms with Crippen molar-refractivity contribution >= 4 is 18.9 Å². The van der Waals surface area contributed by atoms with Gasteiger partial charge in [0.2, 0.25) is 5.75 Å². The molecule has 5 rings (SSSR count). The largest absolute Gasteiger partial charge is 0.473 e. The number of morpholine rings is 1. The molecule has 40 heavy (non-hydrogen) atoms. The zero-order chi connectivity index (χ0) is 27.7.